The molecule has 1 saturated heterocycles. The molecule has 0 spiro atoms. The van der Waals surface area contributed by atoms with Crippen molar-refractivity contribution in [2.75, 3.05) is 18.8 Å². The largest absolute Gasteiger partial charge is 0.369 e. The van der Waals surface area contributed by atoms with Gasteiger partial charge in [-0.1, -0.05) is 6.92 Å². The number of rotatable bonds is 3. The third kappa shape index (κ3) is 3.12. The van der Waals surface area contributed by atoms with Gasteiger partial charge in [0.2, 0.25) is 11.8 Å². The van der Waals surface area contributed by atoms with Gasteiger partial charge < -0.3 is 10.6 Å². The van der Waals surface area contributed by atoms with E-state index in [-0.39, 0.29) is 23.7 Å². The van der Waals surface area contributed by atoms with Crippen LogP contribution in [-0.2, 0) is 9.59 Å². The average Bonchev–Trinajstić information content (AvgIpc) is 2.27. The number of thiol groups is 1. The van der Waals surface area contributed by atoms with Crippen molar-refractivity contribution in [3.63, 3.8) is 0 Å². The fraction of sp³-hybridized carbons (Fsp3) is 0.800. The lowest BCUT2D eigenvalue weighted by Crippen LogP contribution is -2.44. The van der Waals surface area contributed by atoms with Crippen LogP contribution in [0.2, 0.25) is 0 Å². The quantitative estimate of drug-likeness (QED) is 0.684. The lowest BCUT2D eigenvalue weighted by Gasteiger charge is -2.32. The second kappa shape index (κ2) is 5.39. The van der Waals surface area contributed by atoms with Crippen molar-refractivity contribution in [2.45, 2.75) is 19.8 Å². The van der Waals surface area contributed by atoms with Gasteiger partial charge in [-0.05, 0) is 12.8 Å². The topological polar surface area (TPSA) is 63.4 Å². The maximum atomic E-state index is 11.8. The van der Waals surface area contributed by atoms with Crippen LogP contribution in [0.15, 0.2) is 0 Å². The molecule has 0 aromatic heterocycles. The summed E-state index contributed by atoms with van der Waals surface area (Å²) in [6.45, 7) is 3.16. The van der Waals surface area contributed by atoms with Crippen LogP contribution in [0, 0.1) is 11.8 Å². The number of nitrogens with two attached hydrogens (primary N) is 1. The van der Waals surface area contributed by atoms with E-state index in [4.69, 9.17) is 5.73 Å². The normalized spacial score (nSPS) is 20.0. The lowest BCUT2D eigenvalue weighted by atomic mass is 9.95. The van der Waals surface area contributed by atoms with E-state index < -0.39 is 0 Å². The minimum absolute atomic E-state index is 0.0431. The number of primary amides is 1. The molecular weight excluding hydrogens is 212 g/mol. The van der Waals surface area contributed by atoms with Crippen LogP contribution >= 0.6 is 12.6 Å². The minimum Gasteiger partial charge on any atom is -0.369 e. The molecule has 86 valence electrons. The molecular formula is C10H18N2O2S. The van der Waals surface area contributed by atoms with Gasteiger partial charge in [0, 0.05) is 30.7 Å². The summed E-state index contributed by atoms with van der Waals surface area (Å²) in [6.07, 6.45) is 1.39. The number of carbonyl (C=O) groups excluding carboxylic acids is 2. The monoisotopic (exact) mass is 230 g/mol. The lowest BCUT2D eigenvalue weighted by molar-refractivity contribution is -0.137. The SMILES string of the molecule is C[C@H](CS)C(=O)N1CCC(C(N)=O)CC1. The van der Waals surface area contributed by atoms with E-state index in [1.807, 2.05) is 6.92 Å². The van der Waals surface area contributed by atoms with Crippen LogP contribution in [0.3, 0.4) is 0 Å². The first kappa shape index (κ1) is 12.4. The molecule has 0 bridgehead atoms. The Morgan fingerprint density at radius 2 is 2.00 bits per heavy atom. The first-order valence-corrected chi connectivity index (χ1v) is 5.88. The number of hydrogen-bond donors (Lipinski definition) is 2. The van der Waals surface area contributed by atoms with Crippen molar-refractivity contribution in [2.24, 2.45) is 17.6 Å². The summed E-state index contributed by atoms with van der Waals surface area (Å²) < 4.78 is 0. The van der Waals surface area contributed by atoms with Crippen LogP contribution < -0.4 is 5.73 Å². The van der Waals surface area contributed by atoms with Gasteiger partial charge in [0.05, 0.1) is 0 Å². The molecule has 0 unspecified atom stereocenters. The highest BCUT2D eigenvalue weighted by atomic mass is 32.1. The number of amides is 2. The number of carbonyl (C=O) groups is 2. The number of piperidine rings is 1. The third-order valence-electron chi connectivity index (χ3n) is 2.90. The van der Waals surface area contributed by atoms with Gasteiger partial charge >= 0.3 is 0 Å². The van der Waals surface area contributed by atoms with Crippen LogP contribution in [0.25, 0.3) is 0 Å². The van der Waals surface area contributed by atoms with Gasteiger partial charge in [-0.15, -0.1) is 0 Å². The fourth-order valence-corrected chi connectivity index (χ4v) is 1.93. The molecule has 5 heteroatoms. The Bertz CT molecular complexity index is 250. The molecule has 2 amide bonds. The van der Waals surface area contributed by atoms with Gasteiger partial charge in [-0.3, -0.25) is 9.59 Å². The van der Waals surface area contributed by atoms with Gasteiger partial charge in [0.25, 0.3) is 0 Å². The predicted molar refractivity (Wildman–Crippen MR) is 61.5 cm³/mol. The van der Waals surface area contributed by atoms with Crippen molar-refractivity contribution in [3.8, 4) is 0 Å². The highest BCUT2D eigenvalue weighted by Gasteiger charge is 2.27. The molecule has 1 heterocycles. The Balaban J connectivity index is 2.43. The minimum atomic E-state index is -0.246. The number of likely N-dealkylation sites (tertiary alicyclic amines) is 1. The van der Waals surface area contributed by atoms with E-state index in [1.54, 1.807) is 4.90 Å². The highest BCUT2D eigenvalue weighted by molar-refractivity contribution is 7.80. The van der Waals surface area contributed by atoms with Gasteiger partial charge in [-0.2, -0.15) is 12.6 Å². The molecule has 1 aliphatic rings. The van der Waals surface area contributed by atoms with E-state index in [1.165, 1.54) is 0 Å². The number of nitrogens with zero attached hydrogens (tertiary/aromatic N) is 1. The number of hydrogen-bond acceptors (Lipinski definition) is 3. The molecule has 0 saturated carbocycles. The van der Waals surface area contributed by atoms with Crippen molar-refractivity contribution >= 4 is 24.4 Å². The molecule has 0 aromatic carbocycles. The van der Waals surface area contributed by atoms with Crippen LogP contribution in [0.4, 0.5) is 0 Å². The summed E-state index contributed by atoms with van der Waals surface area (Å²) in [6, 6.07) is 0. The summed E-state index contributed by atoms with van der Waals surface area (Å²) in [5, 5.41) is 0. The molecule has 1 atom stereocenters. The van der Waals surface area contributed by atoms with Gasteiger partial charge in [0.15, 0.2) is 0 Å². The maximum absolute atomic E-state index is 11.8. The Labute approximate surface area is 95.6 Å². The average molecular weight is 230 g/mol. The zero-order chi connectivity index (χ0) is 11.4. The van der Waals surface area contributed by atoms with Crippen molar-refractivity contribution < 1.29 is 9.59 Å². The van der Waals surface area contributed by atoms with Crippen molar-refractivity contribution in [1.29, 1.82) is 0 Å². The molecule has 0 radical (unpaired) electrons. The van der Waals surface area contributed by atoms with E-state index in [9.17, 15) is 9.59 Å². The first-order valence-electron chi connectivity index (χ1n) is 5.25. The maximum Gasteiger partial charge on any atom is 0.226 e. The Kier molecular flexibility index (Phi) is 4.45. The van der Waals surface area contributed by atoms with Crippen LogP contribution in [0.5, 0.6) is 0 Å². The Morgan fingerprint density at radius 1 is 1.47 bits per heavy atom. The molecule has 0 aromatic rings. The fourth-order valence-electron chi connectivity index (χ4n) is 1.77. The molecule has 2 N–H and O–H groups in total. The predicted octanol–water partition coefficient (Wildman–Crippen LogP) is 0.276. The van der Waals surface area contributed by atoms with E-state index in [0.29, 0.717) is 31.7 Å². The van der Waals surface area contributed by atoms with Gasteiger partial charge in [0.1, 0.15) is 0 Å². The molecule has 1 aliphatic heterocycles. The summed E-state index contributed by atoms with van der Waals surface area (Å²) in [7, 11) is 0. The highest BCUT2D eigenvalue weighted by Crippen LogP contribution is 2.18. The smallest absolute Gasteiger partial charge is 0.226 e. The molecule has 1 rings (SSSR count). The zero-order valence-electron chi connectivity index (χ0n) is 8.98. The van der Waals surface area contributed by atoms with Crippen molar-refractivity contribution in [3.05, 3.63) is 0 Å². The van der Waals surface area contributed by atoms with E-state index >= 15 is 0 Å². The Morgan fingerprint density at radius 3 is 2.40 bits per heavy atom. The Hall–Kier alpha value is -0.710. The van der Waals surface area contributed by atoms with Gasteiger partial charge in [-0.25, -0.2) is 0 Å². The molecule has 0 aliphatic carbocycles. The van der Waals surface area contributed by atoms with Crippen molar-refractivity contribution in [1.82, 2.24) is 4.90 Å². The van der Waals surface area contributed by atoms with E-state index in [2.05, 4.69) is 12.6 Å². The summed E-state index contributed by atoms with van der Waals surface area (Å²) >= 11 is 4.10. The second-order valence-electron chi connectivity index (χ2n) is 4.09. The van der Waals surface area contributed by atoms with E-state index in [0.717, 1.165) is 0 Å². The van der Waals surface area contributed by atoms with Crippen LogP contribution in [0.1, 0.15) is 19.8 Å². The molecule has 15 heavy (non-hydrogen) atoms. The summed E-state index contributed by atoms with van der Waals surface area (Å²) in [4.78, 5) is 24.5. The molecule has 1 fully saturated rings. The third-order valence-corrected chi connectivity index (χ3v) is 3.45. The van der Waals surface area contributed by atoms with Crippen LogP contribution in [-0.4, -0.2) is 35.6 Å². The first-order chi connectivity index (χ1) is 7.06. The summed E-state index contributed by atoms with van der Waals surface area (Å²) in [5.74, 6) is 0.352. The second-order valence-corrected chi connectivity index (χ2v) is 4.45. The zero-order valence-corrected chi connectivity index (χ0v) is 9.87. The standard InChI is InChI=1S/C10H18N2O2S/c1-7(6-15)10(14)12-4-2-8(3-5-12)9(11)13/h7-8,15H,2-6H2,1H3,(H2,11,13)/t7-/m1/s1. The summed E-state index contributed by atoms with van der Waals surface area (Å²) in [5.41, 5.74) is 5.22. The molecule has 4 nitrogen and oxygen atoms in total.